The highest BCUT2D eigenvalue weighted by atomic mass is 35.5. The Morgan fingerprint density at radius 1 is 0.700 bits per heavy atom. The van der Waals surface area contributed by atoms with Crippen LogP contribution in [0.25, 0.3) is 0 Å². The van der Waals surface area contributed by atoms with Gasteiger partial charge in [0.05, 0.1) is 42.9 Å². The van der Waals surface area contributed by atoms with Crippen molar-refractivity contribution in [1.29, 1.82) is 0 Å². The number of carbonyl (C=O) groups excluding carboxylic acids is 2. The van der Waals surface area contributed by atoms with E-state index in [1.54, 1.807) is 26.4 Å². The molecule has 0 amide bonds. The van der Waals surface area contributed by atoms with E-state index in [4.69, 9.17) is 49.2 Å². The third-order valence-corrected chi connectivity index (χ3v) is 15.3. The predicted molar refractivity (Wildman–Crippen MR) is 234 cm³/mol. The first-order chi connectivity index (χ1) is 27.8. The average molecular weight is 849 g/mol. The quantitative estimate of drug-likeness (QED) is 0.138. The van der Waals surface area contributed by atoms with Crippen LogP contribution in [-0.2, 0) is 40.8 Å². The number of esters is 2. The first kappa shape index (κ1) is 45.3. The van der Waals surface area contributed by atoms with Crippen molar-refractivity contribution in [3.05, 3.63) is 58.7 Å². The van der Waals surface area contributed by atoms with Gasteiger partial charge in [-0.15, -0.1) is 11.6 Å². The smallest absolute Gasteiger partial charge is 0.477 e. The van der Waals surface area contributed by atoms with Crippen LogP contribution in [0.2, 0.25) is 0 Å². The number of hydrogen-bond acceptors (Lipinski definition) is 10. The third-order valence-electron chi connectivity index (χ3n) is 14.9. The molecule has 8 aliphatic rings. The second kappa shape index (κ2) is 15.8. The van der Waals surface area contributed by atoms with Crippen molar-refractivity contribution in [2.75, 3.05) is 14.2 Å². The minimum atomic E-state index is -0.584. The molecular weight excluding hydrogens is 782 g/mol. The van der Waals surface area contributed by atoms with Gasteiger partial charge in [0, 0.05) is 6.32 Å². The van der Waals surface area contributed by atoms with Crippen molar-refractivity contribution in [1.82, 2.24) is 0 Å². The van der Waals surface area contributed by atoms with E-state index in [-0.39, 0.29) is 41.9 Å². The van der Waals surface area contributed by atoms with Gasteiger partial charge in [0.25, 0.3) is 0 Å². The Hall–Kier alpha value is -2.76. The van der Waals surface area contributed by atoms with E-state index in [0.29, 0.717) is 58.5 Å². The number of para-hydroxylation sites is 2. The minimum Gasteiger partial charge on any atom is -0.496 e. The van der Waals surface area contributed by atoms with Gasteiger partial charge in [-0.05, 0) is 145 Å². The first-order valence-corrected chi connectivity index (χ1v) is 22.3. The minimum absolute atomic E-state index is 0.0884. The van der Waals surface area contributed by atoms with E-state index in [1.807, 2.05) is 65.8 Å². The fraction of sp³-hybridized carbons (Fsp3) is 0.702. The Balaban J connectivity index is 0.000000182. The largest absolute Gasteiger partial charge is 0.496 e. The summed E-state index contributed by atoms with van der Waals surface area (Å²) in [7, 11) is 2.33. The summed E-state index contributed by atoms with van der Waals surface area (Å²) in [6.45, 7) is 24.9. The fourth-order valence-electron chi connectivity index (χ4n) is 11.5. The van der Waals surface area contributed by atoms with Gasteiger partial charge >= 0.3 is 26.2 Å². The maximum absolute atomic E-state index is 12.7. The number of hydrogen-bond donors (Lipinski definition) is 0. The number of carbonyl (C=O) groups is 2. The summed E-state index contributed by atoms with van der Waals surface area (Å²) < 4.78 is 48.0. The van der Waals surface area contributed by atoms with E-state index in [2.05, 4.69) is 41.5 Å². The van der Waals surface area contributed by atoms with Gasteiger partial charge in [0.2, 0.25) is 0 Å². The summed E-state index contributed by atoms with van der Waals surface area (Å²) in [5.74, 6) is 2.67. The number of halogens is 1. The molecule has 2 aliphatic heterocycles. The number of rotatable bonds is 9. The number of benzene rings is 2. The summed E-state index contributed by atoms with van der Waals surface area (Å²) in [5.41, 5.74) is 1.50. The topological polar surface area (TPSA) is 108 Å². The van der Waals surface area contributed by atoms with Crippen molar-refractivity contribution in [3.63, 3.8) is 0 Å². The first-order valence-electron chi connectivity index (χ1n) is 21.9. The lowest BCUT2D eigenvalue weighted by atomic mass is 9.43. The van der Waals surface area contributed by atoms with Crippen molar-refractivity contribution in [2.24, 2.45) is 34.5 Å². The molecule has 0 spiro atoms. The van der Waals surface area contributed by atoms with Crippen LogP contribution >= 0.6 is 11.6 Å². The lowest BCUT2D eigenvalue weighted by Gasteiger charge is -2.64. The molecule has 60 heavy (non-hydrogen) atoms. The van der Waals surface area contributed by atoms with Crippen LogP contribution in [-0.4, -0.2) is 80.3 Å². The van der Waals surface area contributed by atoms with Crippen molar-refractivity contribution in [2.45, 2.75) is 161 Å². The Bertz CT molecular complexity index is 1960. The van der Waals surface area contributed by atoms with Gasteiger partial charge in [-0.2, -0.15) is 0 Å². The molecule has 0 radical (unpaired) electrons. The summed E-state index contributed by atoms with van der Waals surface area (Å²) in [5, 5.41) is -0.398. The highest BCUT2D eigenvalue weighted by molar-refractivity contribution is 6.60. The molecule has 2 aromatic rings. The molecule has 13 heteroatoms. The van der Waals surface area contributed by atoms with Crippen LogP contribution in [0.5, 0.6) is 11.5 Å². The van der Waals surface area contributed by atoms with Gasteiger partial charge in [0.1, 0.15) is 33.8 Å². The summed E-state index contributed by atoms with van der Waals surface area (Å²) in [4.78, 5) is 25.3. The number of methoxy groups -OCH3 is 2. The number of alkyl halides is 1. The second-order valence-electron chi connectivity index (χ2n) is 21.7. The zero-order chi connectivity index (χ0) is 44.0. The fourth-order valence-corrected chi connectivity index (χ4v) is 11.8. The molecule has 4 bridgehead atoms. The molecule has 0 N–H and O–H groups in total. The Morgan fingerprint density at radius 3 is 1.62 bits per heavy atom. The SMILES string of the molecule is COc1c(CB2O[C@@H]3C[C@@H]4C[C@@H](C4(C)C)[C@]3(C)O2)cccc1C(=O)OC(C)(C)C.COc1c(C[C@@H](Cl)B2O[C@@H]3C[C@@H]4C[C@@H](C4(C)C)[C@]3(C)O2)cccc1C(=O)OC(C)(C)C. The molecular formula is C47H67B2ClO10. The maximum Gasteiger partial charge on any atom is 0.477 e. The molecule has 10 nitrogen and oxygen atoms in total. The van der Waals surface area contributed by atoms with E-state index in [0.717, 1.165) is 29.9 Å². The van der Waals surface area contributed by atoms with Gasteiger partial charge in [-0.3, -0.25) is 0 Å². The molecule has 9 atom stereocenters. The molecule has 0 unspecified atom stereocenters. The third kappa shape index (κ3) is 8.15. The molecule has 2 heterocycles. The lowest BCUT2D eigenvalue weighted by molar-refractivity contribution is -0.199. The van der Waals surface area contributed by atoms with Crippen LogP contribution in [0, 0.1) is 34.5 Å². The van der Waals surface area contributed by atoms with E-state index < -0.39 is 29.6 Å². The number of ether oxygens (including phenoxy) is 4. The van der Waals surface area contributed by atoms with Gasteiger partial charge in [-0.25, -0.2) is 9.59 Å². The summed E-state index contributed by atoms with van der Waals surface area (Å²) in [6.07, 6.45) is 5.76. The van der Waals surface area contributed by atoms with Crippen molar-refractivity contribution < 1.29 is 47.2 Å². The van der Waals surface area contributed by atoms with Crippen LogP contribution in [0.1, 0.15) is 141 Å². The zero-order valence-electron chi connectivity index (χ0n) is 38.4. The highest BCUT2D eigenvalue weighted by Gasteiger charge is 2.69. The monoisotopic (exact) mass is 848 g/mol. The van der Waals surface area contributed by atoms with Crippen LogP contribution < -0.4 is 9.47 Å². The molecule has 2 aromatic carbocycles. The molecule has 6 aliphatic carbocycles. The molecule has 0 aromatic heterocycles. The van der Waals surface area contributed by atoms with E-state index in [9.17, 15) is 9.59 Å². The zero-order valence-corrected chi connectivity index (χ0v) is 39.1. The second-order valence-corrected chi connectivity index (χ2v) is 22.2. The highest BCUT2D eigenvalue weighted by Crippen LogP contribution is 2.67. The van der Waals surface area contributed by atoms with Crippen LogP contribution in [0.4, 0.5) is 0 Å². The van der Waals surface area contributed by atoms with Crippen molar-refractivity contribution in [3.8, 4) is 11.5 Å². The Morgan fingerprint density at radius 2 is 1.15 bits per heavy atom. The Kier molecular flexibility index (Phi) is 11.9. The van der Waals surface area contributed by atoms with Crippen LogP contribution in [0.15, 0.2) is 36.4 Å². The summed E-state index contributed by atoms with van der Waals surface area (Å²) >= 11 is 6.83. The molecule has 2 saturated heterocycles. The lowest BCUT2D eigenvalue weighted by Crippen LogP contribution is -2.65. The standard InChI is InChI=1S/C24H34BClO5.C23H33BO5/c1-22(2,3)29-21(27)16-10-8-9-14(20(16)28-7)11-19(26)25-30-18-13-15-12-17(23(15,4)5)24(18,6)31-25;1-21(2,3)27-20(25)16-10-8-9-14(19(16)26-7)13-24-28-18-12-15-11-17(22(15,4)5)23(18,6)29-24/h8-10,15,17-19H,11-13H2,1-7H3;8-10,15,17-18H,11-13H2,1-7H3/t15-,17-,18+,19+,24-;15-,17-,18+,23-/m00/s1. The van der Waals surface area contributed by atoms with Gasteiger partial charge in [0.15, 0.2) is 0 Å². The summed E-state index contributed by atoms with van der Waals surface area (Å²) in [6, 6.07) is 11.0. The Labute approximate surface area is 364 Å². The maximum atomic E-state index is 12.7. The van der Waals surface area contributed by atoms with E-state index >= 15 is 0 Å². The average Bonchev–Trinajstić information content (AvgIpc) is 3.69. The molecule has 328 valence electrons. The van der Waals surface area contributed by atoms with Gasteiger partial charge in [-0.1, -0.05) is 52.0 Å². The molecule has 8 fully saturated rings. The molecule has 10 rings (SSSR count). The van der Waals surface area contributed by atoms with Gasteiger partial charge < -0.3 is 37.6 Å². The molecule has 6 saturated carbocycles. The van der Waals surface area contributed by atoms with Crippen LogP contribution in [0.3, 0.4) is 0 Å². The predicted octanol–water partition coefficient (Wildman–Crippen LogP) is 9.53. The normalized spacial score (nSPS) is 32.2. The van der Waals surface area contributed by atoms with Crippen molar-refractivity contribution >= 4 is 37.8 Å². The van der Waals surface area contributed by atoms with E-state index in [1.165, 1.54) is 12.8 Å².